The normalized spacial score (nSPS) is 20.1. The van der Waals surface area contributed by atoms with Crippen molar-refractivity contribution in [3.63, 3.8) is 0 Å². The molecule has 2 aliphatic rings. The lowest BCUT2D eigenvalue weighted by molar-refractivity contribution is -0.121. The van der Waals surface area contributed by atoms with Crippen molar-refractivity contribution in [3.05, 3.63) is 71.1 Å². The summed E-state index contributed by atoms with van der Waals surface area (Å²) in [5.41, 5.74) is 1.88. The number of amides is 1. The second-order valence-electron chi connectivity index (χ2n) is 6.16. The fourth-order valence-corrected chi connectivity index (χ4v) is 5.33. The first kappa shape index (κ1) is 18.7. The molecule has 0 bridgehead atoms. The molecule has 1 fully saturated rings. The Labute approximate surface area is 172 Å². The van der Waals surface area contributed by atoms with E-state index >= 15 is 0 Å². The number of rotatable bonds is 4. The predicted molar refractivity (Wildman–Crippen MR) is 117 cm³/mol. The molecule has 2 aromatic carbocycles. The molecule has 4 rings (SSSR count). The van der Waals surface area contributed by atoms with E-state index in [9.17, 15) is 4.79 Å². The Balaban J connectivity index is 1.71. The molecule has 0 aromatic heterocycles. The van der Waals surface area contributed by atoms with Gasteiger partial charge in [-0.1, -0.05) is 30.0 Å². The van der Waals surface area contributed by atoms with Crippen molar-refractivity contribution in [3.8, 4) is 5.75 Å². The van der Waals surface area contributed by atoms with Crippen LogP contribution in [0.1, 0.15) is 0 Å². The maximum Gasteiger partial charge on any atom is 0.269 e. The average Bonchev–Trinajstić information content (AvgIpc) is 3.21. The number of carbonyl (C=O) groups is 1. The molecule has 2 aliphatic heterocycles. The highest BCUT2D eigenvalue weighted by Crippen LogP contribution is 2.49. The van der Waals surface area contributed by atoms with Gasteiger partial charge in [-0.15, -0.1) is 6.58 Å². The van der Waals surface area contributed by atoms with Gasteiger partial charge in [-0.3, -0.25) is 9.69 Å². The minimum atomic E-state index is -0.0423. The fraction of sp³-hybridized carbons (Fsp3) is 0.143. The number of aliphatic imine (C=N–C) groups is 1. The van der Waals surface area contributed by atoms with E-state index in [4.69, 9.17) is 9.73 Å². The minimum absolute atomic E-state index is 0.0423. The first-order valence-corrected chi connectivity index (χ1v) is 10.3. The van der Waals surface area contributed by atoms with Crippen LogP contribution in [0.4, 0.5) is 11.4 Å². The van der Waals surface area contributed by atoms with Gasteiger partial charge in [-0.05, 0) is 48.2 Å². The third-order valence-electron chi connectivity index (χ3n) is 4.40. The Morgan fingerprint density at radius 2 is 1.89 bits per heavy atom. The van der Waals surface area contributed by atoms with Gasteiger partial charge in [0.15, 0.2) is 5.17 Å². The number of amidine groups is 1. The third kappa shape index (κ3) is 3.31. The van der Waals surface area contributed by atoms with Crippen LogP contribution in [0.5, 0.6) is 5.75 Å². The van der Waals surface area contributed by atoms with Crippen molar-refractivity contribution in [2.24, 2.45) is 4.99 Å². The van der Waals surface area contributed by atoms with Crippen LogP contribution in [0.2, 0.25) is 0 Å². The van der Waals surface area contributed by atoms with E-state index in [2.05, 4.69) is 23.6 Å². The third-order valence-corrected chi connectivity index (χ3v) is 6.84. The van der Waals surface area contributed by atoms with Gasteiger partial charge in [0, 0.05) is 18.5 Å². The minimum Gasteiger partial charge on any atom is -0.497 e. The second-order valence-corrected chi connectivity index (χ2v) is 8.17. The summed E-state index contributed by atoms with van der Waals surface area (Å²) in [6.45, 7) is 4.20. The number of para-hydroxylation sites is 1. The number of benzene rings is 2. The van der Waals surface area contributed by atoms with Crippen molar-refractivity contribution in [1.29, 1.82) is 0 Å². The van der Waals surface area contributed by atoms with Gasteiger partial charge >= 0.3 is 0 Å². The van der Waals surface area contributed by atoms with Crippen LogP contribution in [0.3, 0.4) is 0 Å². The summed E-state index contributed by atoms with van der Waals surface area (Å²) in [7, 11) is 3.62. The highest BCUT2D eigenvalue weighted by molar-refractivity contribution is 8.19. The van der Waals surface area contributed by atoms with Crippen molar-refractivity contribution < 1.29 is 9.53 Å². The number of anilines is 1. The van der Waals surface area contributed by atoms with Gasteiger partial charge < -0.3 is 9.64 Å². The summed E-state index contributed by atoms with van der Waals surface area (Å²) in [6, 6.07) is 15.6. The zero-order valence-corrected chi connectivity index (χ0v) is 17.2. The van der Waals surface area contributed by atoms with Crippen molar-refractivity contribution >= 4 is 46.0 Å². The predicted octanol–water partition coefficient (Wildman–Crippen LogP) is 4.86. The number of nitrogens with zero attached hydrogens (tertiary/aromatic N) is 3. The monoisotopic (exact) mass is 409 g/mol. The summed E-state index contributed by atoms with van der Waals surface area (Å²) in [5.74, 6) is 0.728. The van der Waals surface area contributed by atoms with Crippen LogP contribution >= 0.6 is 23.5 Å². The lowest BCUT2D eigenvalue weighted by Gasteiger charge is -2.15. The number of hydrogen-bond acceptors (Lipinski definition) is 6. The van der Waals surface area contributed by atoms with E-state index in [1.807, 2.05) is 43.4 Å². The maximum atomic E-state index is 13.1. The Bertz CT molecular complexity index is 999. The van der Waals surface area contributed by atoms with Gasteiger partial charge in [-0.25, -0.2) is 4.99 Å². The van der Waals surface area contributed by atoms with Gasteiger partial charge in [0.25, 0.3) is 5.91 Å². The molecule has 0 unspecified atom stereocenters. The first-order valence-electron chi connectivity index (χ1n) is 8.70. The lowest BCUT2D eigenvalue weighted by atomic mass is 10.3. The average molecular weight is 410 g/mol. The number of methoxy groups -OCH3 is 1. The maximum absolute atomic E-state index is 13.1. The zero-order chi connectivity index (χ0) is 19.7. The van der Waals surface area contributed by atoms with E-state index in [0.29, 0.717) is 16.6 Å². The first-order chi connectivity index (χ1) is 13.6. The van der Waals surface area contributed by atoms with Crippen molar-refractivity contribution in [2.75, 3.05) is 25.6 Å². The summed E-state index contributed by atoms with van der Waals surface area (Å²) in [5, 5.41) is 1.59. The molecule has 142 valence electrons. The number of ether oxygens (including phenoxy) is 1. The van der Waals surface area contributed by atoms with Gasteiger partial charge in [0.05, 0.1) is 23.5 Å². The van der Waals surface area contributed by atoms with Crippen LogP contribution in [0.25, 0.3) is 0 Å². The summed E-state index contributed by atoms with van der Waals surface area (Å²) in [6.07, 6.45) is 1.72. The van der Waals surface area contributed by atoms with Crippen molar-refractivity contribution in [2.45, 2.75) is 4.90 Å². The van der Waals surface area contributed by atoms with Gasteiger partial charge in [0.2, 0.25) is 0 Å². The number of carbonyl (C=O) groups excluding carboxylic acids is 1. The van der Waals surface area contributed by atoms with Gasteiger partial charge in [-0.2, -0.15) is 0 Å². The summed E-state index contributed by atoms with van der Waals surface area (Å²) >= 11 is 3.03. The Morgan fingerprint density at radius 3 is 2.57 bits per heavy atom. The van der Waals surface area contributed by atoms with Crippen molar-refractivity contribution in [1.82, 2.24) is 4.90 Å². The summed E-state index contributed by atoms with van der Waals surface area (Å²) in [4.78, 5) is 23.4. The molecule has 0 aliphatic carbocycles. The standard InChI is InChI=1S/C21H19N3O2S2/c1-4-13-24-19(25)18(20-23(2)16-7-5-6-8-17(16)27-20)28-21(24)22-14-9-11-15(26-3)12-10-14/h4-12H,1,13H2,2-3H3. The zero-order valence-electron chi connectivity index (χ0n) is 15.6. The Morgan fingerprint density at radius 1 is 1.14 bits per heavy atom. The SMILES string of the molecule is C=CCN1C(=O)C(=C2Sc3ccccc3N2C)SC1=Nc1ccc(OC)cc1. The molecule has 1 saturated heterocycles. The molecule has 0 radical (unpaired) electrons. The highest BCUT2D eigenvalue weighted by Gasteiger charge is 2.38. The molecule has 0 saturated carbocycles. The molecular formula is C21H19N3O2S2. The van der Waals surface area contributed by atoms with E-state index < -0.39 is 0 Å². The smallest absolute Gasteiger partial charge is 0.269 e. The van der Waals surface area contributed by atoms with Crippen LogP contribution in [-0.2, 0) is 4.79 Å². The number of thioether (sulfide) groups is 2. The van der Waals surface area contributed by atoms with E-state index in [0.717, 1.165) is 27.0 Å². The van der Waals surface area contributed by atoms with E-state index in [-0.39, 0.29) is 5.91 Å². The van der Waals surface area contributed by atoms with Crippen LogP contribution in [0.15, 0.2) is 81.0 Å². The van der Waals surface area contributed by atoms with E-state index in [1.165, 1.54) is 11.8 Å². The second kappa shape index (κ2) is 7.77. The molecule has 2 aromatic rings. The molecule has 2 heterocycles. The molecule has 7 heteroatoms. The fourth-order valence-electron chi connectivity index (χ4n) is 2.98. The molecule has 0 spiro atoms. The lowest BCUT2D eigenvalue weighted by Crippen LogP contribution is -2.29. The van der Waals surface area contributed by atoms with Crippen LogP contribution in [0, 0.1) is 0 Å². The summed E-state index contributed by atoms with van der Waals surface area (Å²) < 4.78 is 5.20. The quantitative estimate of drug-likeness (QED) is 0.533. The molecule has 1 amide bonds. The largest absolute Gasteiger partial charge is 0.497 e. The molecule has 0 atom stereocenters. The molecule has 0 N–H and O–H groups in total. The number of hydrogen-bond donors (Lipinski definition) is 0. The van der Waals surface area contributed by atoms with Crippen LogP contribution < -0.4 is 9.64 Å². The van der Waals surface area contributed by atoms with Crippen LogP contribution in [-0.4, -0.2) is 36.7 Å². The van der Waals surface area contributed by atoms with Gasteiger partial charge in [0.1, 0.15) is 10.7 Å². The Hall–Kier alpha value is -2.64. The van der Waals surface area contributed by atoms with E-state index in [1.54, 1.807) is 29.8 Å². The molecular weight excluding hydrogens is 390 g/mol. The topological polar surface area (TPSA) is 45.1 Å². The number of fused-ring (bicyclic) bond motifs is 1. The Kier molecular flexibility index (Phi) is 5.19. The molecule has 5 nitrogen and oxygen atoms in total. The molecule has 28 heavy (non-hydrogen) atoms. The highest BCUT2D eigenvalue weighted by atomic mass is 32.2.